The van der Waals surface area contributed by atoms with Gasteiger partial charge in [-0.1, -0.05) is 12.8 Å². The fourth-order valence-corrected chi connectivity index (χ4v) is 5.82. The van der Waals surface area contributed by atoms with E-state index in [9.17, 15) is 9.90 Å². The Balaban J connectivity index is 1.24. The molecule has 11 heteroatoms. The first-order chi connectivity index (χ1) is 18.0. The molecule has 1 amide bonds. The number of hydrogen-bond acceptors (Lipinski definition) is 9. The van der Waals surface area contributed by atoms with Crippen LogP contribution in [0.5, 0.6) is 0 Å². The Kier molecular flexibility index (Phi) is 6.53. The van der Waals surface area contributed by atoms with Crippen LogP contribution in [0.15, 0.2) is 30.6 Å². The third-order valence-electron chi connectivity index (χ3n) is 7.70. The zero-order valence-electron chi connectivity index (χ0n) is 21.3. The van der Waals surface area contributed by atoms with Crippen molar-refractivity contribution < 1.29 is 14.6 Å². The molecule has 3 fully saturated rings. The van der Waals surface area contributed by atoms with Gasteiger partial charge in [-0.15, -0.1) is 0 Å². The predicted octanol–water partition coefficient (Wildman–Crippen LogP) is 2.05. The lowest BCUT2D eigenvalue weighted by atomic mass is 10.0. The summed E-state index contributed by atoms with van der Waals surface area (Å²) < 4.78 is 7.83. The van der Waals surface area contributed by atoms with Crippen molar-refractivity contribution in [1.29, 1.82) is 0 Å². The predicted molar refractivity (Wildman–Crippen MR) is 139 cm³/mol. The lowest BCUT2D eigenvalue weighted by Crippen LogP contribution is -2.65. The molecule has 3 aromatic heterocycles. The summed E-state index contributed by atoms with van der Waals surface area (Å²) in [5.41, 5.74) is 2.19. The molecule has 2 aliphatic heterocycles. The maximum absolute atomic E-state index is 13.2. The van der Waals surface area contributed by atoms with Crippen molar-refractivity contribution in [2.24, 2.45) is 0 Å². The molecule has 3 atom stereocenters. The minimum Gasteiger partial charge on any atom is -0.377 e. The number of rotatable bonds is 6. The molecule has 6 rings (SSSR count). The highest BCUT2D eigenvalue weighted by molar-refractivity contribution is 5.94. The maximum atomic E-state index is 13.2. The Morgan fingerprint density at radius 3 is 2.57 bits per heavy atom. The number of anilines is 2. The number of aliphatic hydroxyl groups is 1. The monoisotopic (exact) mass is 506 g/mol. The van der Waals surface area contributed by atoms with Gasteiger partial charge in [0.15, 0.2) is 0 Å². The number of fused-ring (bicyclic) bond motifs is 3. The molecule has 11 nitrogen and oxygen atoms in total. The molecule has 196 valence electrons. The van der Waals surface area contributed by atoms with E-state index in [1.807, 2.05) is 25.1 Å². The molecule has 0 radical (unpaired) electrons. The highest BCUT2D eigenvalue weighted by atomic mass is 16.5. The van der Waals surface area contributed by atoms with Crippen LogP contribution in [-0.4, -0.2) is 92.8 Å². The fourth-order valence-electron chi connectivity index (χ4n) is 5.82. The average molecular weight is 507 g/mol. The van der Waals surface area contributed by atoms with E-state index in [1.54, 1.807) is 29.4 Å². The van der Waals surface area contributed by atoms with E-state index in [0.717, 1.165) is 42.7 Å². The third kappa shape index (κ3) is 4.56. The molecule has 5 heterocycles. The smallest absolute Gasteiger partial charge is 0.256 e. The maximum Gasteiger partial charge on any atom is 0.256 e. The summed E-state index contributed by atoms with van der Waals surface area (Å²) in [6.07, 6.45) is 7.16. The van der Waals surface area contributed by atoms with Crippen LogP contribution in [-0.2, 0) is 4.74 Å². The van der Waals surface area contributed by atoms with Crippen LogP contribution in [0, 0.1) is 0 Å². The summed E-state index contributed by atoms with van der Waals surface area (Å²) in [6, 6.07) is 5.96. The quantitative estimate of drug-likeness (QED) is 0.431. The van der Waals surface area contributed by atoms with E-state index in [1.165, 1.54) is 12.8 Å². The van der Waals surface area contributed by atoms with E-state index in [-0.39, 0.29) is 18.0 Å². The first kappa shape index (κ1) is 24.2. The number of aromatic nitrogens is 4. The van der Waals surface area contributed by atoms with E-state index in [4.69, 9.17) is 9.72 Å². The van der Waals surface area contributed by atoms with E-state index in [0.29, 0.717) is 36.6 Å². The molecule has 1 aliphatic carbocycles. The summed E-state index contributed by atoms with van der Waals surface area (Å²) in [7, 11) is 3.73. The number of hydrogen-bond donors (Lipinski definition) is 3. The van der Waals surface area contributed by atoms with Gasteiger partial charge in [0.25, 0.3) is 5.91 Å². The highest BCUT2D eigenvalue weighted by Crippen LogP contribution is 2.36. The van der Waals surface area contributed by atoms with Crippen LogP contribution in [0.1, 0.15) is 54.0 Å². The number of piperazine rings is 1. The summed E-state index contributed by atoms with van der Waals surface area (Å²) in [5, 5.41) is 18.3. The molecular formula is C26H34N8O3. The van der Waals surface area contributed by atoms with Crippen LogP contribution >= 0.6 is 0 Å². The molecule has 0 spiro atoms. The first-order valence-electron chi connectivity index (χ1n) is 13.1. The number of morpholine rings is 1. The van der Waals surface area contributed by atoms with Crippen LogP contribution in [0.3, 0.4) is 0 Å². The number of amides is 1. The lowest BCUT2D eigenvalue weighted by molar-refractivity contribution is -0.0491. The van der Waals surface area contributed by atoms with Crippen molar-refractivity contribution in [2.45, 2.75) is 50.0 Å². The molecule has 2 unspecified atom stereocenters. The van der Waals surface area contributed by atoms with Crippen molar-refractivity contribution in [1.82, 2.24) is 34.6 Å². The Morgan fingerprint density at radius 1 is 1.14 bits per heavy atom. The number of aliphatic hydroxyl groups excluding tert-OH is 1. The van der Waals surface area contributed by atoms with Gasteiger partial charge in [-0.2, -0.15) is 4.98 Å². The molecule has 0 aromatic carbocycles. The first-order valence-corrected chi connectivity index (χ1v) is 13.1. The van der Waals surface area contributed by atoms with Crippen molar-refractivity contribution in [2.75, 3.05) is 45.7 Å². The molecular weight excluding hydrogens is 472 g/mol. The number of nitrogens with one attached hydrogen (secondary N) is 2. The average Bonchev–Trinajstić information content (AvgIpc) is 3.55. The Labute approximate surface area is 215 Å². The Morgan fingerprint density at radius 2 is 1.89 bits per heavy atom. The lowest BCUT2D eigenvalue weighted by Gasteiger charge is -2.46. The second-order valence-electron chi connectivity index (χ2n) is 10.5. The molecule has 3 aromatic rings. The number of carbonyl (C=O) groups excluding carboxylic acids is 1. The summed E-state index contributed by atoms with van der Waals surface area (Å²) in [6.45, 7) is 2.59. The zero-order valence-corrected chi connectivity index (χ0v) is 21.3. The van der Waals surface area contributed by atoms with Crippen LogP contribution in [0.25, 0.3) is 11.0 Å². The van der Waals surface area contributed by atoms with Crippen molar-refractivity contribution in [3.63, 3.8) is 0 Å². The summed E-state index contributed by atoms with van der Waals surface area (Å²) in [4.78, 5) is 30.8. The SMILES string of the molecule is CN(C)C(O)c1cc2cnc(Nc3ccc(C(=O)N4C5CNC[C@H]4COC5)cn3)nc2n1C1CCCC1. The summed E-state index contributed by atoms with van der Waals surface area (Å²) in [5.74, 6) is 0.973. The van der Waals surface area contributed by atoms with Crippen LogP contribution < -0.4 is 10.6 Å². The van der Waals surface area contributed by atoms with Gasteiger partial charge in [-0.25, -0.2) is 9.97 Å². The fraction of sp³-hybridized carbons (Fsp3) is 0.538. The Bertz CT molecular complexity index is 1250. The van der Waals surface area contributed by atoms with Gasteiger partial charge in [0.1, 0.15) is 17.7 Å². The van der Waals surface area contributed by atoms with Gasteiger partial charge in [0.05, 0.1) is 36.6 Å². The molecule has 2 bridgehead atoms. The minimum absolute atomic E-state index is 0.0158. The molecule has 1 saturated carbocycles. The highest BCUT2D eigenvalue weighted by Gasteiger charge is 2.38. The van der Waals surface area contributed by atoms with Gasteiger partial charge < -0.3 is 29.9 Å². The van der Waals surface area contributed by atoms with Gasteiger partial charge in [0, 0.05) is 36.9 Å². The van der Waals surface area contributed by atoms with Gasteiger partial charge in [-0.05, 0) is 45.1 Å². The number of ether oxygens (including phenoxy) is 1. The number of pyridine rings is 1. The molecule has 2 saturated heterocycles. The van der Waals surface area contributed by atoms with E-state index >= 15 is 0 Å². The molecule has 37 heavy (non-hydrogen) atoms. The van der Waals surface area contributed by atoms with Crippen molar-refractivity contribution in [3.8, 4) is 0 Å². The summed E-state index contributed by atoms with van der Waals surface area (Å²) >= 11 is 0. The largest absolute Gasteiger partial charge is 0.377 e. The second kappa shape index (κ2) is 9.97. The zero-order chi connectivity index (χ0) is 25.5. The van der Waals surface area contributed by atoms with E-state index in [2.05, 4.69) is 25.2 Å². The Hall–Kier alpha value is -3.12. The minimum atomic E-state index is -0.722. The second-order valence-corrected chi connectivity index (χ2v) is 10.5. The standard InChI is InChI=1S/C26H34N8O3/c1-32(2)25(36)21-9-17-11-29-26(31-23(17)34(21)18-5-3-4-6-18)30-22-8-7-16(10-28-22)24(35)33-19-12-27-13-20(33)15-37-14-19/h7-11,18-20,25,27,36H,3-6,12-15H2,1-2H3,(H,28,29,30,31)/t19-,20?,25?/m0/s1. The van der Waals surface area contributed by atoms with Crippen LogP contribution in [0.4, 0.5) is 11.8 Å². The van der Waals surface area contributed by atoms with Crippen molar-refractivity contribution >= 4 is 28.7 Å². The van der Waals surface area contributed by atoms with Gasteiger partial charge >= 0.3 is 0 Å². The topological polar surface area (TPSA) is 121 Å². The van der Waals surface area contributed by atoms with Crippen molar-refractivity contribution in [3.05, 3.63) is 41.9 Å². The third-order valence-corrected chi connectivity index (χ3v) is 7.70. The molecule has 3 N–H and O–H groups in total. The normalized spacial score (nSPS) is 23.1. The van der Waals surface area contributed by atoms with Crippen LogP contribution in [0.2, 0.25) is 0 Å². The number of carbonyl (C=O) groups is 1. The molecule has 3 aliphatic rings. The van der Waals surface area contributed by atoms with E-state index < -0.39 is 6.23 Å². The number of nitrogens with zero attached hydrogens (tertiary/aromatic N) is 6. The van der Waals surface area contributed by atoms with Gasteiger partial charge in [0.2, 0.25) is 5.95 Å². The van der Waals surface area contributed by atoms with Gasteiger partial charge in [-0.3, -0.25) is 9.69 Å².